The maximum absolute atomic E-state index is 12.6. The first-order chi connectivity index (χ1) is 12.0. The lowest BCUT2D eigenvalue weighted by molar-refractivity contribution is -0.137. The fourth-order valence-corrected chi connectivity index (χ4v) is 2.87. The van der Waals surface area contributed by atoms with Gasteiger partial charge in [0.2, 0.25) is 0 Å². The molecule has 0 aromatic heterocycles. The van der Waals surface area contributed by atoms with Gasteiger partial charge in [0.25, 0.3) is 5.91 Å². The molecule has 0 aliphatic carbocycles. The summed E-state index contributed by atoms with van der Waals surface area (Å²) >= 11 is 5.89. The number of benzene rings is 3. The van der Waals surface area contributed by atoms with Gasteiger partial charge in [-0.1, -0.05) is 54.1 Å². The van der Waals surface area contributed by atoms with Crippen molar-refractivity contribution in [2.45, 2.75) is 19.6 Å². The molecule has 0 radical (unpaired) electrons. The van der Waals surface area contributed by atoms with Crippen molar-refractivity contribution >= 4 is 28.3 Å². The molecule has 3 aromatic rings. The van der Waals surface area contributed by atoms with Gasteiger partial charge < -0.3 is 9.64 Å². The van der Waals surface area contributed by atoms with Gasteiger partial charge in [0.15, 0.2) is 6.10 Å². The summed E-state index contributed by atoms with van der Waals surface area (Å²) in [7, 11) is 1.77. The smallest absolute Gasteiger partial charge is 0.263 e. The van der Waals surface area contributed by atoms with Crippen molar-refractivity contribution in [2.24, 2.45) is 0 Å². The van der Waals surface area contributed by atoms with Gasteiger partial charge in [-0.05, 0) is 47.5 Å². The molecule has 0 bridgehead atoms. The largest absolute Gasteiger partial charge is 0.481 e. The molecule has 128 valence electrons. The Morgan fingerprint density at radius 3 is 2.44 bits per heavy atom. The highest BCUT2D eigenvalue weighted by atomic mass is 35.5. The van der Waals surface area contributed by atoms with Crippen LogP contribution in [0.5, 0.6) is 5.75 Å². The zero-order valence-electron chi connectivity index (χ0n) is 14.3. The molecular weight excluding hydrogens is 334 g/mol. The molecule has 0 saturated carbocycles. The zero-order chi connectivity index (χ0) is 17.8. The van der Waals surface area contributed by atoms with Crippen LogP contribution in [-0.2, 0) is 11.3 Å². The molecule has 0 unspecified atom stereocenters. The number of carbonyl (C=O) groups excluding carboxylic acids is 1. The highest BCUT2D eigenvalue weighted by Gasteiger charge is 2.19. The standard InChI is InChI=1S/C21H20ClNO2/c1-15(21(24)23(2)14-16-7-10-19(22)11-8-16)25-20-12-9-17-5-3-4-6-18(17)13-20/h3-13,15H,14H2,1-2H3/t15-/m1/s1. The minimum atomic E-state index is -0.557. The molecule has 0 heterocycles. The second-order valence-electron chi connectivity index (χ2n) is 6.09. The fraction of sp³-hybridized carbons (Fsp3) is 0.190. The number of fused-ring (bicyclic) bond motifs is 1. The van der Waals surface area contributed by atoms with Crippen LogP contribution in [0.2, 0.25) is 5.02 Å². The Balaban J connectivity index is 1.65. The first kappa shape index (κ1) is 17.3. The molecule has 0 spiro atoms. The first-order valence-electron chi connectivity index (χ1n) is 8.18. The summed E-state index contributed by atoms with van der Waals surface area (Å²) in [5.74, 6) is 0.627. The van der Waals surface area contributed by atoms with Crippen LogP contribution < -0.4 is 4.74 Å². The van der Waals surface area contributed by atoms with Crippen LogP contribution in [-0.4, -0.2) is 24.0 Å². The molecule has 0 aliphatic rings. The monoisotopic (exact) mass is 353 g/mol. The molecule has 3 nitrogen and oxygen atoms in total. The Morgan fingerprint density at radius 1 is 1.04 bits per heavy atom. The van der Waals surface area contributed by atoms with Crippen molar-refractivity contribution < 1.29 is 9.53 Å². The van der Waals surface area contributed by atoms with Crippen LogP contribution in [0, 0.1) is 0 Å². The van der Waals surface area contributed by atoms with E-state index < -0.39 is 6.10 Å². The number of hydrogen-bond donors (Lipinski definition) is 0. The number of hydrogen-bond acceptors (Lipinski definition) is 2. The lowest BCUT2D eigenvalue weighted by Crippen LogP contribution is -2.37. The lowest BCUT2D eigenvalue weighted by atomic mass is 10.1. The predicted octanol–water partition coefficient (Wildman–Crippen LogP) is 4.92. The van der Waals surface area contributed by atoms with Gasteiger partial charge in [-0.3, -0.25) is 4.79 Å². The predicted molar refractivity (Wildman–Crippen MR) is 102 cm³/mol. The van der Waals surface area contributed by atoms with Crippen molar-refractivity contribution in [3.05, 3.63) is 77.3 Å². The van der Waals surface area contributed by atoms with Crippen molar-refractivity contribution in [2.75, 3.05) is 7.05 Å². The van der Waals surface area contributed by atoms with Crippen molar-refractivity contribution in [1.82, 2.24) is 4.90 Å². The number of rotatable bonds is 5. The maximum Gasteiger partial charge on any atom is 0.263 e. The number of nitrogens with zero attached hydrogens (tertiary/aromatic N) is 1. The molecule has 3 aromatic carbocycles. The number of halogens is 1. The minimum absolute atomic E-state index is 0.0666. The van der Waals surface area contributed by atoms with E-state index in [1.165, 1.54) is 0 Å². The van der Waals surface area contributed by atoms with E-state index >= 15 is 0 Å². The average Bonchev–Trinajstić information content (AvgIpc) is 2.62. The number of ether oxygens (including phenoxy) is 1. The van der Waals surface area contributed by atoms with Crippen molar-refractivity contribution in [3.8, 4) is 5.75 Å². The third-order valence-corrected chi connectivity index (χ3v) is 4.34. The van der Waals surface area contributed by atoms with Gasteiger partial charge in [0.1, 0.15) is 5.75 Å². The van der Waals surface area contributed by atoms with E-state index in [4.69, 9.17) is 16.3 Å². The molecule has 3 rings (SSSR count). The third-order valence-electron chi connectivity index (χ3n) is 4.09. The quantitative estimate of drug-likeness (QED) is 0.651. The summed E-state index contributed by atoms with van der Waals surface area (Å²) in [6, 6.07) is 21.4. The van der Waals surface area contributed by atoms with E-state index in [9.17, 15) is 4.79 Å². The van der Waals surface area contributed by atoms with Gasteiger partial charge in [-0.25, -0.2) is 0 Å². The van der Waals surface area contributed by atoms with Crippen molar-refractivity contribution in [3.63, 3.8) is 0 Å². The Labute approximate surface area is 152 Å². The molecule has 1 amide bonds. The van der Waals surface area contributed by atoms with Crippen LogP contribution in [0.15, 0.2) is 66.7 Å². The number of likely N-dealkylation sites (N-methyl/N-ethyl adjacent to an activating group) is 1. The van der Waals surface area contributed by atoms with Crippen molar-refractivity contribution in [1.29, 1.82) is 0 Å². The summed E-state index contributed by atoms with van der Waals surface area (Å²) in [6.45, 7) is 2.29. The van der Waals surface area contributed by atoms with Crippen LogP contribution in [0.1, 0.15) is 12.5 Å². The van der Waals surface area contributed by atoms with E-state index in [1.54, 1.807) is 18.9 Å². The Hall–Kier alpha value is -2.52. The highest BCUT2D eigenvalue weighted by Crippen LogP contribution is 2.22. The van der Waals surface area contributed by atoms with E-state index in [2.05, 4.69) is 0 Å². The summed E-state index contributed by atoms with van der Waals surface area (Å²) in [4.78, 5) is 14.2. The average molecular weight is 354 g/mol. The number of amides is 1. The van der Waals surface area contributed by atoms with E-state index in [0.29, 0.717) is 17.3 Å². The van der Waals surface area contributed by atoms with E-state index in [-0.39, 0.29) is 5.91 Å². The number of carbonyl (C=O) groups is 1. The molecule has 0 aliphatic heterocycles. The molecule has 0 fully saturated rings. The minimum Gasteiger partial charge on any atom is -0.481 e. The lowest BCUT2D eigenvalue weighted by Gasteiger charge is -2.22. The molecular formula is C21H20ClNO2. The molecule has 0 N–H and O–H groups in total. The fourth-order valence-electron chi connectivity index (χ4n) is 2.75. The van der Waals surface area contributed by atoms with E-state index in [1.807, 2.05) is 66.7 Å². The summed E-state index contributed by atoms with van der Waals surface area (Å²) in [6.07, 6.45) is -0.557. The van der Waals surface area contributed by atoms with E-state index in [0.717, 1.165) is 16.3 Å². The van der Waals surface area contributed by atoms with Gasteiger partial charge in [0, 0.05) is 18.6 Å². The van der Waals surface area contributed by atoms with Crippen LogP contribution in [0.3, 0.4) is 0 Å². The molecule has 1 atom stereocenters. The molecule has 0 saturated heterocycles. The van der Waals surface area contributed by atoms with Crippen LogP contribution >= 0.6 is 11.6 Å². The zero-order valence-corrected chi connectivity index (χ0v) is 15.0. The normalized spacial score (nSPS) is 12.0. The first-order valence-corrected chi connectivity index (χ1v) is 8.55. The van der Waals surface area contributed by atoms with Gasteiger partial charge in [-0.15, -0.1) is 0 Å². The second-order valence-corrected chi connectivity index (χ2v) is 6.53. The van der Waals surface area contributed by atoms with Gasteiger partial charge in [0.05, 0.1) is 0 Å². The topological polar surface area (TPSA) is 29.5 Å². The highest BCUT2D eigenvalue weighted by molar-refractivity contribution is 6.30. The Morgan fingerprint density at radius 2 is 1.72 bits per heavy atom. The summed E-state index contributed by atoms with van der Waals surface area (Å²) in [5.41, 5.74) is 1.03. The second kappa shape index (κ2) is 7.58. The third kappa shape index (κ3) is 4.31. The molecule has 4 heteroatoms. The van der Waals surface area contributed by atoms with Gasteiger partial charge >= 0.3 is 0 Å². The summed E-state index contributed by atoms with van der Waals surface area (Å²) < 4.78 is 5.85. The van der Waals surface area contributed by atoms with Crippen LogP contribution in [0.4, 0.5) is 0 Å². The Bertz CT molecular complexity index is 876. The molecule has 25 heavy (non-hydrogen) atoms. The van der Waals surface area contributed by atoms with Crippen LogP contribution in [0.25, 0.3) is 10.8 Å². The van der Waals surface area contributed by atoms with Gasteiger partial charge in [-0.2, -0.15) is 0 Å². The maximum atomic E-state index is 12.6. The Kier molecular flexibility index (Phi) is 5.25. The SMILES string of the molecule is C[C@@H](Oc1ccc2ccccc2c1)C(=O)N(C)Cc1ccc(Cl)cc1. The summed E-state index contributed by atoms with van der Waals surface area (Å²) in [5, 5.41) is 2.92.